The minimum Gasteiger partial charge on any atom is -0.497 e. The van der Waals surface area contributed by atoms with E-state index in [-0.39, 0.29) is 6.04 Å². The van der Waals surface area contributed by atoms with Crippen LogP contribution in [0, 0.1) is 0 Å². The van der Waals surface area contributed by atoms with Gasteiger partial charge in [0, 0.05) is 5.56 Å². The number of hydrogen-bond donors (Lipinski definition) is 1. The highest BCUT2D eigenvalue weighted by molar-refractivity contribution is 5.55. The van der Waals surface area contributed by atoms with Gasteiger partial charge < -0.3 is 15.0 Å². The molecule has 16 heavy (non-hydrogen) atoms. The van der Waals surface area contributed by atoms with Crippen molar-refractivity contribution in [1.82, 2.24) is 10.1 Å². The zero-order valence-electron chi connectivity index (χ0n) is 9.18. The Labute approximate surface area is 93.2 Å². The van der Waals surface area contributed by atoms with E-state index in [1.165, 1.54) is 0 Å². The molecule has 0 bridgehead atoms. The van der Waals surface area contributed by atoms with Gasteiger partial charge in [0.15, 0.2) is 5.82 Å². The summed E-state index contributed by atoms with van der Waals surface area (Å²) in [5, 5.41) is 3.80. The molecule has 2 rings (SSSR count). The first-order chi connectivity index (χ1) is 7.70. The highest BCUT2D eigenvalue weighted by atomic mass is 16.5. The quantitative estimate of drug-likeness (QED) is 0.851. The molecule has 1 heterocycles. The normalized spacial score (nSPS) is 12.4. The molecule has 1 aromatic carbocycles. The number of benzene rings is 1. The SMILES string of the molecule is COc1cccc(-c2nc(C(C)N)no2)c1. The molecular formula is C11H13N3O2. The number of hydrogen-bond acceptors (Lipinski definition) is 5. The van der Waals surface area contributed by atoms with Crippen LogP contribution < -0.4 is 10.5 Å². The largest absolute Gasteiger partial charge is 0.497 e. The molecule has 5 nitrogen and oxygen atoms in total. The van der Waals surface area contributed by atoms with E-state index in [4.69, 9.17) is 15.0 Å². The molecule has 1 atom stereocenters. The Bertz CT molecular complexity index is 480. The van der Waals surface area contributed by atoms with E-state index in [9.17, 15) is 0 Å². The lowest BCUT2D eigenvalue weighted by Gasteiger charge is -1.99. The van der Waals surface area contributed by atoms with Crippen LogP contribution in [0.15, 0.2) is 28.8 Å². The molecule has 2 N–H and O–H groups in total. The Kier molecular flexibility index (Phi) is 2.87. The molecule has 0 spiro atoms. The summed E-state index contributed by atoms with van der Waals surface area (Å²) in [7, 11) is 1.61. The van der Waals surface area contributed by atoms with Gasteiger partial charge in [0.1, 0.15) is 5.75 Å². The van der Waals surface area contributed by atoms with Gasteiger partial charge in [0.2, 0.25) is 0 Å². The first-order valence-corrected chi connectivity index (χ1v) is 4.94. The van der Waals surface area contributed by atoms with Gasteiger partial charge in [0.25, 0.3) is 5.89 Å². The van der Waals surface area contributed by atoms with E-state index >= 15 is 0 Å². The Morgan fingerprint density at radius 3 is 2.88 bits per heavy atom. The second kappa shape index (κ2) is 4.32. The summed E-state index contributed by atoms with van der Waals surface area (Å²) in [6.45, 7) is 1.81. The van der Waals surface area contributed by atoms with Gasteiger partial charge in [-0.3, -0.25) is 0 Å². The van der Waals surface area contributed by atoms with Crippen LogP contribution in [0.25, 0.3) is 11.5 Å². The van der Waals surface area contributed by atoms with Crippen molar-refractivity contribution in [2.75, 3.05) is 7.11 Å². The number of nitrogens with zero attached hydrogens (tertiary/aromatic N) is 2. The topological polar surface area (TPSA) is 74.2 Å². The third kappa shape index (κ3) is 2.04. The number of rotatable bonds is 3. The molecule has 1 aromatic heterocycles. The summed E-state index contributed by atoms with van der Waals surface area (Å²) in [4.78, 5) is 4.20. The number of methoxy groups -OCH3 is 1. The average Bonchev–Trinajstić information content (AvgIpc) is 2.78. The maximum absolute atomic E-state index is 5.65. The van der Waals surface area contributed by atoms with Crippen LogP contribution in [0.2, 0.25) is 0 Å². The molecule has 0 aliphatic carbocycles. The fourth-order valence-electron chi connectivity index (χ4n) is 1.29. The summed E-state index contributed by atoms with van der Waals surface area (Å²) in [5.74, 6) is 1.70. The van der Waals surface area contributed by atoms with Gasteiger partial charge in [-0.1, -0.05) is 11.2 Å². The van der Waals surface area contributed by atoms with E-state index < -0.39 is 0 Å². The Balaban J connectivity index is 2.34. The van der Waals surface area contributed by atoms with Gasteiger partial charge in [-0.05, 0) is 25.1 Å². The van der Waals surface area contributed by atoms with Gasteiger partial charge >= 0.3 is 0 Å². The van der Waals surface area contributed by atoms with Crippen molar-refractivity contribution in [2.24, 2.45) is 5.73 Å². The summed E-state index contributed by atoms with van der Waals surface area (Å²) in [6.07, 6.45) is 0. The molecule has 0 aliphatic heterocycles. The van der Waals surface area contributed by atoms with Crippen molar-refractivity contribution < 1.29 is 9.26 Å². The summed E-state index contributed by atoms with van der Waals surface area (Å²) < 4.78 is 10.2. The number of nitrogens with two attached hydrogens (primary N) is 1. The van der Waals surface area contributed by atoms with Crippen molar-refractivity contribution >= 4 is 0 Å². The molecule has 0 saturated heterocycles. The third-order valence-corrected chi connectivity index (χ3v) is 2.17. The van der Waals surface area contributed by atoms with Gasteiger partial charge in [-0.25, -0.2) is 0 Å². The minimum atomic E-state index is -0.233. The summed E-state index contributed by atoms with van der Waals surface area (Å²) >= 11 is 0. The molecule has 5 heteroatoms. The van der Waals surface area contributed by atoms with E-state index in [0.29, 0.717) is 11.7 Å². The Hall–Kier alpha value is -1.88. The summed E-state index contributed by atoms with van der Waals surface area (Å²) in [5.41, 5.74) is 6.47. The predicted molar refractivity (Wildman–Crippen MR) is 58.9 cm³/mol. The Morgan fingerprint density at radius 2 is 2.25 bits per heavy atom. The molecule has 0 aliphatic rings. The molecule has 0 saturated carbocycles. The highest BCUT2D eigenvalue weighted by Crippen LogP contribution is 2.22. The van der Waals surface area contributed by atoms with Gasteiger partial charge in [-0.2, -0.15) is 4.98 Å². The van der Waals surface area contributed by atoms with E-state index in [0.717, 1.165) is 11.3 Å². The van der Waals surface area contributed by atoms with Gasteiger partial charge in [0.05, 0.1) is 13.2 Å². The standard InChI is InChI=1S/C11H13N3O2/c1-7(12)10-13-11(16-14-10)8-4-3-5-9(6-8)15-2/h3-7H,12H2,1-2H3. The van der Waals surface area contributed by atoms with Crippen LogP contribution in [0.4, 0.5) is 0 Å². The zero-order chi connectivity index (χ0) is 11.5. The van der Waals surface area contributed by atoms with Crippen LogP contribution in [0.5, 0.6) is 5.75 Å². The lowest BCUT2D eigenvalue weighted by Crippen LogP contribution is -2.06. The molecule has 0 fully saturated rings. The summed E-state index contributed by atoms with van der Waals surface area (Å²) in [6, 6.07) is 7.19. The second-order valence-electron chi connectivity index (χ2n) is 3.48. The van der Waals surface area contributed by atoms with Crippen LogP contribution >= 0.6 is 0 Å². The van der Waals surface area contributed by atoms with Crippen molar-refractivity contribution in [1.29, 1.82) is 0 Å². The van der Waals surface area contributed by atoms with E-state index in [1.54, 1.807) is 14.0 Å². The average molecular weight is 219 g/mol. The maximum atomic E-state index is 5.65. The maximum Gasteiger partial charge on any atom is 0.258 e. The highest BCUT2D eigenvalue weighted by Gasteiger charge is 2.11. The molecular weight excluding hydrogens is 206 g/mol. The molecule has 2 aromatic rings. The molecule has 0 amide bonds. The van der Waals surface area contributed by atoms with Crippen molar-refractivity contribution in [2.45, 2.75) is 13.0 Å². The first kappa shape index (κ1) is 10.6. The van der Waals surface area contributed by atoms with Crippen LogP contribution in [-0.2, 0) is 0 Å². The monoisotopic (exact) mass is 219 g/mol. The van der Waals surface area contributed by atoms with Crippen molar-refractivity contribution in [3.8, 4) is 17.2 Å². The first-order valence-electron chi connectivity index (χ1n) is 4.94. The smallest absolute Gasteiger partial charge is 0.258 e. The van der Waals surface area contributed by atoms with Crippen LogP contribution in [0.1, 0.15) is 18.8 Å². The van der Waals surface area contributed by atoms with Crippen LogP contribution in [0.3, 0.4) is 0 Å². The van der Waals surface area contributed by atoms with Gasteiger partial charge in [-0.15, -0.1) is 0 Å². The lowest BCUT2D eigenvalue weighted by atomic mass is 10.2. The molecule has 1 unspecified atom stereocenters. The van der Waals surface area contributed by atoms with Crippen molar-refractivity contribution in [3.05, 3.63) is 30.1 Å². The van der Waals surface area contributed by atoms with E-state index in [1.807, 2.05) is 24.3 Å². The fourth-order valence-corrected chi connectivity index (χ4v) is 1.29. The number of ether oxygens (including phenoxy) is 1. The van der Waals surface area contributed by atoms with Crippen molar-refractivity contribution in [3.63, 3.8) is 0 Å². The Morgan fingerprint density at radius 1 is 1.44 bits per heavy atom. The van der Waals surface area contributed by atoms with Crippen LogP contribution in [-0.4, -0.2) is 17.3 Å². The zero-order valence-corrected chi connectivity index (χ0v) is 9.18. The van der Waals surface area contributed by atoms with E-state index in [2.05, 4.69) is 10.1 Å². The molecule has 0 radical (unpaired) electrons. The second-order valence-corrected chi connectivity index (χ2v) is 3.48. The number of aromatic nitrogens is 2. The lowest BCUT2D eigenvalue weighted by molar-refractivity contribution is 0.411. The fraction of sp³-hybridized carbons (Fsp3) is 0.273. The minimum absolute atomic E-state index is 0.233. The molecule has 84 valence electrons. The third-order valence-electron chi connectivity index (χ3n) is 2.17. The predicted octanol–water partition coefficient (Wildman–Crippen LogP) is 1.76.